The Morgan fingerprint density at radius 3 is 2.68 bits per heavy atom. The Labute approximate surface area is 191 Å². The van der Waals surface area contributed by atoms with Crippen LogP contribution < -0.4 is 10.6 Å². The Bertz CT molecular complexity index is 1090. The number of benzene rings is 1. The lowest BCUT2D eigenvalue weighted by molar-refractivity contribution is 0.0714. The van der Waals surface area contributed by atoms with Crippen LogP contribution in [0.15, 0.2) is 42.9 Å². The summed E-state index contributed by atoms with van der Waals surface area (Å²) in [6.45, 7) is 2.10. The van der Waals surface area contributed by atoms with Crippen molar-refractivity contribution in [2.75, 3.05) is 23.7 Å². The van der Waals surface area contributed by atoms with Crippen molar-refractivity contribution in [3.8, 4) is 0 Å². The molecule has 31 heavy (non-hydrogen) atoms. The number of nitrogens with zero attached hydrogens (tertiary/aromatic N) is 5. The minimum absolute atomic E-state index is 0.0300. The van der Waals surface area contributed by atoms with E-state index >= 15 is 0 Å². The minimum atomic E-state index is -0.0300. The van der Waals surface area contributed by atoms with Crippen LogP contribution in [0.25, 0.3) is 0 Å². The monoisotopic (exact) mass is 457 g/mol. The number of hydrogen-bond donors (Lipinski definition) is 2. The molecular weight excluding hydrogens is 434 g/mol. The number of rotatable bonds is 5. The summed E-state index contributed by atoms with van der Waals surface area (Å²) in [5, 5.41) is 15.9. The van der Waals surface area contributed by atoms with Crippen LogP contribution in [0.5, 0.6) is 0 Å². The van der Waals surface area contributed by atoms with Crippen LogP contribution in [-0.2, 0) is 13.6 Å². The van der Waals surface area contributed by atoms with Gasteiger partial charge in [0.05, 0.1) is 30.3 Å². The molecule has 1 aliphatic rings. The van der Waals surface area contributed by atoms with Crippen molar-refractivity contribution in [3.05, 3.63) is 59.1 Å². The van der Waals surface area contributed by atoms with E-state index in [1.807, 2.05) is 35.4 Å². The van der Waals surface area contributed by atoms with Crippen LogP contribution in [0, 0.1) is 0 Å². The van der Waals surface area contributed by atoms with Gasteiger partial charge in [-0.3, -0.25) is 14.2 Å². The Kier molecular flexibility index (Phi) is 6.53. The second-order valence-electron chi connectivity index (χ2n) is 7.48. The average Bonchev–Trinajstić information content (AvgIpc) is 3.36. The van der Waals surface area contributed by atoms with Gasteiger partial charge in [-0.25, -0.2) is 0 Å². The third-order valence-electron chi connectivity index (χ3n) is 5.21. The van der Waals surface area contributed by atoms with E-state index in [0.29, 0.717) is 28.1 Å². The quantitative estimate of drug-likeness (QED) is 0.568. The van der Waals surface area contributed by atoms with Gasteiger partial charge in [0.1, 0.15) is 5.69 Å². The van der Waals surface area contributed by atoms with E-state index in [-0.39, 0.29) is 5.91 Å². The molecule has 1 aromatic carbocycles. The zero-order valence-corrected chi connectivity index (χ0v) is 18.8. The van der Waals surface area contributed by atoms with Crippen molar-refractivity contribution in [2.45, 2.75) is 25.8 Å². The SMILES string of the molecule is Cn1ncc(NC(=S)Nc2cnn(Cc3ccccc3Cl)c2)c1C(=O)N1CCCCC1. The number of amides is 1. The molecule has 1 amide bonds. The number of carbonyl (C=O) groups is 1. The van der Waals surface area contributed by atoms with E-state index in [9.17, 15) is 4.79 Å². The Balaban J connectivity index is 1.40. The number of hydrogen-bond acceptors (Lipinski definition) is 4. The predicted octanol–water partition coefficient (Wildman–Crippen LogP) is 3.75. The molecule has 3 heterocycles. The fraction of sp³-hybridized carbons (Fsp3) is 0.333. The molecule has 2 aromatic heterocycles. The highest BCUT2D eigenvalue weighted by Gasteiger charge is 2.24. The summed E-state index contributed by atoms with van der Waals surface area (Å²) in [6.07, 6.45) is 8.38. The van der Waals surface area contributed by atoms with Gasteiger partial charge in [-0.2, -0.15) is 10.2 Å². The van der Waals surface area contributed by atoms with E-state index in [4.69, 9.17) is 23.8 Å². The van der Waals surface area contributed by atoms with Crippen molar-refractivity contribution < 1.29 is 4.79 Å². The van der Waals surface area contributed by atoms with Crippen molar-refractivity contribution in [2.24, 2.45) is 7.05 Å². The smallest absolute Gasteiger partial charge is 0.274 e. The van der Waals surface area contributed by atoms with Gasteiger partial charge in [0.25, 0.3) is 5.91 Å². The molecule has 1 saturated heterocycles. The van der Waals surface area contributed by atoms with Gasteiger partial charge in [0.15, 0.2) is 5.11 Å². The maximum Gasteiger partial charge on any atom is 0.274 e. The van der Waals surface area contributed by atoms with Gasteiger partial charge >= 0.3 is 0 Å². The van der Waals surface area contributed by atoms with Gasteiger partial charge in [-0.1, -0.05) is 29.8 Å². The highest BCUT2D eigenvalue weighted by atomic mass is 35.5. The second-order valence-corrected chi connectivity index (χ2v) is 8.30. The van der Waals surface area contributed by atoms with Crippen LogP contribution in [0.2, 0.25) is 5.02 Å². The number of halogens is 1. The first-order chi connectivity index (χ1) is 15.0. The molecule has 0 aliphatic carbocycles. The van der Waals surface area contributed by atoms with Crippen LogP contribution in [0.3, 0.4) is 0 Å². The van der Waals surface area contributed by atoms with Crippen LogP contribution in [0.4, 0.5) is 11.4 Å². The summed E-state index contributed by atoms with van der Waals surface area (Å²) in [6, 6.07) is 7.66. The van der Waals surface area contributed by atoms with Gasteiger partial charge in [-0.05, 0) is 43.1 Å². The van der Waals surface area contributed by atoms with E-state index < -0.39 is 0 Å². The normalized spacial score (nSPS) is 13.8. The molecule has 0 spiro atoms. The number of aromatic nitrogens is 4. The maximum absolute atomic E-state index is 13.0. The van der Waals surface area contributed by atoms with Gasteiger partial charge in [0, 0.05) is 31.4 Å². The largest absolute Gasteiger partial charge is 0.337 e. The predicted molar refractivity (Wildman–Crippen MR) is 126 cm³/mol. The Hall–Kier alpha value is -2.91. The fourth-order valence-corrected chi connectivity index (χ4v) is 4.05. The number of piperidine rings is 1. The maximum atomic E-state index is 13.0. The average molecular weight is 458 g/mol. The summed E-state index contributed by atoms with van der Waals surface area (Å²) < 4.78 is 3.37. The molecule has 10 heteroatoms. The number of nitrogens with one attached hydrogen (secondary N) is 2. The number of likely N-dealkylation sites (tertiary alicyclic amines) is 1. The van der Waals surface area contributed by atoms with E-state index in [2.05, 4.69) is 20.8 Å². The first-order valence-corrected chi connectivity index (χ1v) is 10.9. The van der Waals surface area contributed by atoms with Crippen molar-refractivity contribution in [1.29, 1.82) is 0 Å². The second kappa shape index (κ2) is 9.49. The van der Waals surface area contributed by atoms with Crippen molar-refractivity contribution >= 4 is 46.2 Å². The summed E-state index contributed by atoms with van der Waals surface area (Å²) in [5.41, 5.74) is 2.80. The summed E-state index contributed by atoms with van der Waals surface area (Å²) in [7, 11) is 1.76. The number of carbonyl (C=O) groups excluding carboxylic acids is 1. The van der Waals surface area contributed by atoms with E-state index in [0.717, 1.165) is 37.2 Å². The van der Waals surface area contributed by atoms with E-state index in [1.165, 1.54) is 6.42 Å². The fourth-order valence-electron chi connectivity index (χ4n) is 3.63. The zero-order chi connectivity index (χ0) is 21.8. The highest BCUT2D eigenvalue weighted by Crippen LogP contribution is 2.20. The third kappa shape index (κ3) is 5.05. The number of thiocarbonyl (C=S) groups is 1. The van der Waals surface area contributed by atoms with Gasteiger partial charge < -0.3 is 15.5 Å². The molecule has 1 fully saturated rings. The molecule has 2 N–H and O–H groups in total. The first-order valence-electron chi connectivity index (χ1n) is 10.2. The van der Waals surface area contributed by atoms with Crippen LogP contribution >= 0.6 is 23.8 Å². The van der Waals surface area contributed by atoms with Gasteiger partial charge in [0.2, 0.25) is 0 Å². The third-order valence-corrected chi connectivity index (χ3v) is 5.79. The Morgan fingerprint density at radius 2 is 1.90 bits per heavy atom. The lowest BCUT2D eigenvalue weighted by Gasteiger charge is -2.27. The molecular formula is C21H24ClN7OS. The topological polar surface area (TPSA) is 80.0 Å². The Morgan fingerprint density at radius 1 is 1.13 bits per heavy atom. The molecule has 1 aliphatic heterocycles. The zero-order valence-electron chi connectivity index (χ0n) is 17.2. The number of aryl methyl sites for hydroxylation is 1. The molecule has 3 aromatic rings. The lowest BCUT2D eigenvalue weighted by atomic mass is 10.1. The van der Waals surface area contributed by atoms with Gasteiger partial charge in [-0.15, -0.1) is 0 Å². The molecule has 0 radical (unpaired) electrons. The summed E-state index contributed by atoms with van der Waals surface area (Å²) in [4.78, 5) is 14.9. The lowest BCUT2D eigenvalue weighted by Crippen LogP contribution is -2.37. The van der Waals surface area contributed by atoms with Crippen LogP contribution in [0.1, 0.15) is 35.3 Å². The minimum Gasteiger partial charge on any atom is -0.337 e. The molecule has 8 nitrogen and oxygen atoms in total. The summed E-state index contributed by atoms with van der Waals surface area (Å²) in [5.74, 6) is -0.0300. The first kappa shape index (κ1) is 21.3. The molecule has 0 saturated carbocycles. The van der Waals surface area contributed by atoms with E-state index in [1.54, 1.807) is 28.8 Å². The highest BCUT2D eigenvalue weighted by molar-refractivity contribution is 7.80. The molecule has 0 atom stereocenters. The van der Waals surface area contributed by atoms with Crippen molar-refractivity contribution in [3.63, 3.8) is 0 Å². The standard InChI is InChI=1S/C21H24ClN7OS/c1-27-19(20(30)28-9-5-2-6-10-28)18(12-23-27)26-21(31)25-16-11-24-29(14-16)13-15-7-3-4-8-17(15)22/h3-4,7-8,11-12,14H,2,5-6,9-10,13H2,1H3,(H2,25,26,31). The molecule has 0 unspecified atom stereocenters. The molecule has 0 bridgehead atoms. The molecule has 162 valence electrons. The van der Waals surface area contributed by atoms with Crippen LogP contribution in [-0.4, -0.2) is 48.6 Å². The number of anilines is 2. The molecule has 4 rings (SSSR count). The summed E-state index contributed by atoms with van der Waals surface area (Å²) >= 11 is 11.7. The van der Waals surface area contributed by atoms with Crippen molar-refractivity contribution in [1.82, 2.24) is 24.5 Å².